The molecule has 0 saturated carbocycles. The number of nitrogens with two attached hydrogens (primary N) is 1. The van der Waals surface area contributed by atoms with Gasteiger partial charge in [-0.25, -0.2) is 9.69 Å². The van der Waals surface area contributed by atoms with E-state index in [1.807, 2.05) is 61.5 Å². The molecule has 0 aromatic heterocycles. The third kappa shape index (κ3) is 3.65. The first-order valence-electron chi connectivity index (χ1n) is 8.49. The zero-order valence-electron chi connectivity index (χ0n) is 14.2. The van der Waals surface area contributed by atoms with Crippen LogP contribution in [0.2, 0.25) is 0 Å². The highest BCUT2D eigenvalue weighted by atomic mass is 16.6. The Morgan fingerprint density at radius 1 is 1.24 bits per heavy atom. The van der Waals surface area contributed by atoms with Gasteiger partial charge in [0.15, 0.2) is 0 Å². The Labute approximate surface area is 147 Å². The van der Waals surface area contributed by atoms with E-state index in [0.29, 0.717) is 5.69 Å². The number of imide groups is 1. The molecule has 1 aliphatic heterocycles. The Morgan fingerprint density at radius 3 is 2.68 bits per heavy atom. The van der Waals surface area contributed by atoms with Crippen molar-refractivity contribution in [3.05, 3.63) is 65.7 Å². The maximum Gasteiger partial charge on any atom is 0.417 e. The lowest BCUT2D eigenvalue weighted by Gasteiger charge is -2.23. The van der Waals surface area contributed by atoms with Crippen LogP contribution in [0.5, 0.6) is 0 Å². The molecule has 1 unspecified atom stereocenters. The molecule has 2 atom stereocenters. The normalized spacial score (nSPS) is 18.0. The minimum atomic E-state index is -0.568. The molecule has 0 radical (unpaired) electrons. The van der Waals surface area contributed by atoms with E-state index in [1.54, 1.807) is 0 Å². The fourth-order valence-corrected chi connectivity index (χ4v) is 3.24. The van der Waals surface area contributed by atoms with Gasteiger partial charge >= 0.3 is 6.09 Å². The van der Waals surface area contributed by atoms with Crippen molar-refractivity contribution < 1.29 is 14.3 Å². The van der Waals surface area contributed by atoms with Gasteiger partial charge in [-0.2, -0.15) is 0 Å². The molecule has 0 aliphatic carbocycles. The summed E-state index contributed by atoms with van der Waals surface area (Å²) in [6.45, 7) is 2.22. The number of ether oxygens (including phenoxy) is 1. The van der Waals surface area contributed by atoms with Crippen LogP contribution >= 0.6 is 0 Å². The minimum Gasteiger partial charge on any atom is -0.446 e. The number of anilines is 1. The molecule has 0 bridgehead atoms. The van der Waals surface area contributed by atoms with Crippen molar-refractivity contribution in [3.63, 3.8) is 0 Å². The first-order chi connectivity index (χ1) is 12.1. The molecule has 1 heterocycles. The van der Waals surface area contributed by atoms with Gasteiger partial charge in [-0.1, -0.05) is 49.4 Å². The number of cyclic esters (lactones) is 1. The molecule has 1 saturated heterocycles. The van der Waals surface area contributed by atoms with Gasteiger partial charge in [-0.05, 0) is 35.6 Å². The van der Waals surface area contributed by atoms with Crippen LogP contribution in [-0.4, -0.2) is 23.5 Å². The summed E-state index contributed by atoms with van der Waals surface area (Å²) in [7, 11) is 0. The van der Waals surface area contributed by atoms with E-state index in [2.05, 4.69) is 0 Å². The van der Waals surface area contributed by atoms with Crippen molar-refractivity contribution in [1.82, 2.24) is 4.90 Å². The van der Waals surface area contributed by atoms with Crippen molar-refractivity contribution >= 4 is 17.7 Å². The number of carbonyl (C=O) groups is 2. The van der Waals surface area contributed by atoms with Crippen LogP contribution in [0.25, 0.3) is 0 Å². The van der Waals surface area contributed by atoms with Gasteiger partial charge in [-0.15, -0.1) is 0 Å². The van der Waals surface area contributed by atoms with Crippen LogP contribution in [0, 0.1) is 0 Å². The predicted molar refractivity (Wildman–Crippen MR) is 95.9 cm³/mol. The number of rotatable bonds is 5. The largest absolute Gasteiger partial charge is 0.446 e. The van der Waals surface area contributed by atoms with Gasteiger partial charge in [0.2, 0.25) is 5.91 Å². The lowest BCUT2D eigenvalue weighted by atomic mass is 9.92. The van der Waals surface area contributed by atoms with Gasteiger partial charge in [-0.3, -0.25) is 4.79 Å². The third-order valence-electron chi connectivity index (χ3n) is 4.62. The van der Waals surface area contributed by atoms with Crippen molar-refractivity contribution in [3.8, 4) is 0 Å². The lowest BCUT2D eigenvalue weighted by molar-refractivity contribution is -0.129. The molecule has 0 spiro atoms. The molecule has 25 heavy (non-hydrogen) atoms. The average Bonchev–Trinajstić information content (AvgIpc) is 3.02. The van der Waals surface area contributed by atoms with Crippen molar-refractivity contribution in [2.45, 2.75) is 31.7 Å². The minimum absolute atomic E-state index is 0.0147. The fourth-order valence-electron chi connectivity index (χ4n) is 3.24. The number of hydrogen-bond acceptors (Lipinski definition) is 4. The Hall–Kier alpha value is -2.82. The maximum absolute atomic E-state index is 12.9. The molecule has 2 amide bonds. The summed E-state index contributed by atoms with van der Waals surface area (Å²) in [5.74, 6) is -0.202. The number of nitrogen functional groups attached to an aromatic ring is 1. The quantitative estimate of drug-likeness (QED) is 0.840. The average molecular weight is 338 g/mol. The summed E-state index contributed by atoms with van der Waals surface area (Å²) in [6, 6.07) is 16.7. The molecule has 3 rings (SSSR count). The van der Waals surface area contributed by atoms with Crippen LogP contribution < -0.4 is 5.73 Å². The second-order valence-corrected chi connectivity index (χ2v) is 6.25. The van der Waals surface area contributed by atoms with Gasteiger partial charge in [0.1, 0.15) is 12.6 Å². The highest BCUT2D eigenvalue weighted by Crippen LogP contribution is 2.31. The van der Waals surface area contributed by atoms with Gasteiger partial charge < -0.3 is 10.5 Å². The Morgan fingerprint density at radius 2 is 2.00 bits per heavy atom. The molecular weight excluding hydrogens is 316 g/mol. The number of amides is 2. The van der Waals surface area contributed by atoms with Crippen LogP contribution in [0.15, 0.2) is 54.6 Å². The van der Waals surface area contributed by atoms with Crippen molar-refractivity contribution in [2.75, 3.05) is 12.3 Å². The number of benzene rings is 2. The van der Waals surface area contributed by atoms with Crippen LogP contribution in [0.3, 0.4) is 0 Å². The number of hydrogen-bond donors (Lipinski definition) is 1. The van der Waals surface area contributed by atoms with E-state index in [-0.39, 0.29) is 30.9 Å². The fraction of sp³-hybridized carbons (Fsp3) is 0.300. The lowest BCUT2D eigenvalue weighted by Crippen LogP contribution is -2.35. The molecule has 2 aromatic rings. The summed E-state index contributed by atoms with van der Waals surface area (Å²) in [4.78, 5) is 26.2. The second kappa shape index (κ2) is 7.38. The highest BCUT2D eigenvalue weighted by molar-refractivity contribution is 5.94. The van der Waals surface area contributed by atoms with Crippen LogP contribution in [-0.2, 0) is 9.53 Å². The topological polar surface area (TPSA) is 72.6 Å². The molecule has 130 valence electrons. The van der Waals surface area contributed by atoms with E-state index in [4.69, 9.17) is 10.5 Å². The maximum atomic E-state index is 12.9. The van der Waals surface area contributed by atoms with Gasteiger partial charge in [0.25, 0.3) is 0 Å². The summed E-state index contributed by atoms with van der Waals surface area (Å²) in [5, 5.41) is 0. The Bertz CT molecular complexity index is 761. The summed E-state index contributed by atoms with van der Waals surface area (Å²) < 4.78 is 5.14. The Kier molecular flexibility index (Phi) is 5.03. The highest BCUT2D eigenvalue weighted by Gasteiger charge is 2.39. The zero-order valence-corrected chi connectivity index (χ0v) is 14.2. The van der Waals surface area contributed by atoms with Crippen molar-refractivity contribution in [1.29, 1.82) is 0 Å². The van der Waals surface area contributed by atoms with E-state index in [0.717, 1.165) is 17.5 Å². The smallest absolute Gasteiger partial charge is 0.417 e. The number of nitrogens with zero attached hydrogens (tertiary/aromatic N) is 1. The van der Waals surface area contributed by atoms with E-state index in [9.17, 15) is 9.59 Å². The molecule has 1 aliphatic rings. The van der Waals surface area contributed by atoms with E-state index >= 15 is 0 Å². The van der Waals surface area contributed by atoms with Gasteiger partial charge in [0, 0.05) is 12.1 Å². The third-order valence-corrected chi connectivity index (χ3v) is 4.62. The molecule has 2 N–H and O–H groups in total. The zero-order chi connectivity index (χ0) is 17.8. The second-order valence-electron chi connectivity index (χ2n) is 6.25. The van der Waals surface area contributed by atoms with Gasteiger partial charge in [0.05, 0.1) is 0 Å². The monoisotopic (exact) mass is 338 g/mol. The van der Waals surface area contributed by atoms with E-state index < -0.39 is 6.09 Å². The number of carbonyl (C=O) groups excluding carboxylic acids is 2. The summed E-state index contributed by atoms with van der Waals surface area (Å²) >= 11 is 0. The molecule has 5 nitrogen and oxygen atoms in total. The van der Waals surface area contributed by atoms with Crippen molar-refractivity contribution in [2.24, 2.45) is 0 Å². The Balaban J connectivity index is 1.79. The molecule has 5 heteroatoms. The summed E-state index contributed by atoms with van der Waals surface area (Å²) in [6.07, 6.45) is 0.466. The molecule has 1 fully saturated rings. The first-order valence-corrected chi connectivity index (χ1v) is 8.49. The van der Waals surface area contributed by atoms with E-state index in [1.165, 1.54) is 4.90 Å². The van der Waals surface area contributed by atoms with Crippen LogP contribution in [0.4, 0.5) is 10.5 Å². The first kappa shape index (κ1) is 17.0. The SMILES string of the molecule is CCC(CC(=O)N1C(=O)OC[C@@H]1c1ccccc1)c1cccc(N)c1. The predicted octanol–water partition coefficient (Wildman–Crippen LogP) is 3.87. The summed E-state index contributed by atoms with van der Waals surface area (Å²) in [5.41, 5.74) is 8.44. The standard InChI is InChI=1S/C20H22N2O3/c1-2-14(16-9-6-10-17(21)11-16)12-19(23)22-18(13-25-20(22)24)15-7-4-3-5-8-15/h3-11,14,18H,2,12-13,21H2,1H3/t14?,18-/m1/s1. The molecule has 2 aromatic carbocycles. The molecular formula is C20H22N2O3. The van der Waals surface area contributed by atoms with Crippen LogP contribution in [0.1, 0.15) is 42.9 Å².